The predicted molar refractivity (Wildman–Crippen MR) is 105 cm³/mol. The first-order chi connectivity index (χ1) is 14.1. The third-order valence-corrected chi connectivity index (χ3v) is 6.07. The molecule has 1 saturated heterocycles. The number of benzene rings is 1. The van der Waals surface area contributed by atoms with Gasteiger partial charge < -0.3 is 29.9 Å². The first kappa shape index (κ1) is 18.7. The SMILES string of the molecule is Cc1ncnc2c1ccn2[C@@H]1O[C@H]([C@H](O)c2cccc3c2CNCC3)[C@@H](O)[C@H]1O. The van der Waals surface area contributed by atoms with Crippen LogP contribution in [-0.4, -0.2) is 54.7 Å². The molecule has 0 amide bonds. The van der Waals surface area contributed by atoms with Gasteiger partial charge in [0.25, 0.3) is 0 Å². The third kappa shape index (κ3) is 2.95. The number of aromatic nitrogens is 3. The van der Waals surface area contributed by atoms with Gasteiger partial charge in [-0.2, -0.15) is 0 Å². The summed E-state index contributed by atoms with van der Waals surface area (Å²) in [6, 6.07) is 7.69. The first-order valence-electron chi connectivity index (χ1n) is 9.85. The van der Waals surface area contributed by atoms with Gasteiger partial charge in [-0.25, -0.2) is 9.97 Å². The molecule has 2 aliphatic heterocycles. The van der Waals surface area contributed by atoms with Gasteiger partial charge in [-0.3, -0.25) is 0 Å². The molecular weight excluding hydrogens is 372 g/mol. The largest absolute Gasteiger partial charge is 0.387 e. The maximum absolute atomic E-state index is 11.1. The molecule has 152 valence electrons. The normalized spacial score (nSPS) is 27.9. The van der Waals surface area contributed by atoms with Gasteiger partial charge in [-0.05, 0) is 42.6 Å². The van der Waals surface area contributed by atoms with Gasteiger partial charge in [0.1, 0.15) is 36.4 Å². The molecule has 0 aliphatic carbocycles. The fourth-order valence-corrected chi connectivity index (χ4v) is 4.47. The molecule has 8 nitrogen and oxygen atoms in total. The number of ether oxygens (including phenoxy) is 1. The summed E-state index contributed by atoms with van der Waals surface area (Å²) in [7, 11) is 0. The summed E-state index contributed by atoms with van der Waals surface area (Å²) in [4.78, 5) is 8.48. The Morgan fingerprint density at radius 3 is 2.93 bits per heavy atom. The van der Waals surface area contributed by atoms with Crippen LogP contribution in [0.1, 0.15) is 34.7 Å². The lowest BCUT2D eigenvalue weighted by Crippen LogP contribution is -2.36. The highest BCUT2D eigenvalue weighted by Gasteiger charge is 2.48. The number of fused-ring (bicyclic) bond motifs is 2. The van der Waals surface area contributed by atoms with Crippen LogP contribution in [0, 0.1) is 6.92 Å². The highest BCUT2D eigenvalue weighted by molar-refractivity contribution is 5.78. The zero-order chi connectivity index (χ0) is 20.1. The summed E-state index contributed by atoms with van der Waals surface area (Å²) < 4.78 is 7.70. The second-order valence-electron chi connectivity index (χ2n) is 7.75. The van der Waals surface area contributed by atoms with E-state index in [0.717, 1.165) is 35.2 Å². The Bertz CT molecular complexity index is 1050. The molecule has 5 atom stereocenters. The predicted octanol–water partition coefficient (Wildman–Crippen LogP) is 0.738. The summed E-state index contributed by atoms with van der Waals surface area (Å²) in [5.41, 5.74) is 4.39. The van der Waals surface area contributed by atoms with Gasteiger partial charge in [0, 0.05) is 18.1 Å². The molecule has 0 unspecified atom stereocenters. The Morgan fingerprint density at radius 2 is 2.07 bits per heavy atom. The molecule has 0 saturated carbocycles. The molecule has 1 fully saturated rings. The van der Waals surface area contributed by atoms with Crippen LogP contribution < -0.4 is 5.32 Å². The van der Waals surface area contributed by atoms with Gasteiger partial charge in [0.2, 0.25) is 0 Å². The third-order valence-electron chi connectivity index (χ3n) is 6.07. The Hall–Kier alpha value is -2.36. The van der Waals surface area contributed by atoms with Crippen molar-refractivity contribution >= 4 is 11.0 Å². The molecule has 0 radical (unpaired) electrons. The van der Waals surface area contributed by atoms with Gasteiger partial charge in [-0.15, -0.1) is 0 Å². The molecule has 1 aromatic carbocycles. The second-order valence-corrected chi connectivity index (χ2v) is 7.75. The van der Waals surface area contributed by atoms with Crippen LogP contribution in [0.3, 0.4) is 0 Å². The summed E-state index contributed by atoms with van der Waals surface area (Å²) in [6.07, 6.45) is -1.18. The van der Waals surface area contributed by atoms with Crippen molar-refractivity contribution in [2.45, 2.75) is 50.5 Å². The Labute approximate surface area is 167 Å². The average Bonchev–Trinajstić information content (AvgIpc) is 3.29. The minimum absolute atomic E-state index is 0.616. The van der Waals surface area contributed by atoms with E-state index >= 15 is 0 Å². The minimum Gasteiger partial charge on any atom is -0.387 e. The molecule has 3 aromatic rings. The monoisotopic (exact) mass is 396 g/mol. The Kier molecular flexibility index (Phi) is 4.60. The molecule has 0 bridgehead atoms. The van der Waals surface area contributed by atoms with Crippen LogP contribution in [0.15, 0.2) is 36.8 Å². The van der Waals surface area contributed by atoms with Crippen molar-refractivity contribution in [2.75, 3.05) is 6.54 Å². The number of hydrogen-bond donors (Lipinski definition) is 4. The maximum Gasteiger partial charge on any atom is 0.164 e. The van der Waals surface area contributed by atoms with E-state index in [0.29, 0.717) is 12.2 Å². The summed E-state index contributed by atoms with van der Waals surface area (Å²) in [6.45, 7) is 3.45. The second kappa shape index (κ2) is 7.16. The van der Waals surface area contributed by atoms with E-state index in [4.69, 9.17) is 4.74 Å². The lowest BCUT2D eigenvalue weighted by Gasteiger charge is -2.27. The molecule has 8 heteroatoms. The van der Waals surface area contributed by atoms with E-state index in [9.17, 15) is 15.3 Å². The highest BCUT2D eigenvalue weighted by atomic mass is 16.6. The van der Waals surface area contributed by atoms with Crippen LogP contribution in [0.25, 0.3) is 11.0 Å². The van der Waals surface area contributed by atoms with E-state index in [1.54, 1.807) is 10.8 Å². The van der Waals surface area contributed by atoms with Gasteiger partial charge in [0.05, 0.1) is 5.69 Å². The molecule has 4 N–H and O–H groups in total. The number of nitrogens with zero attached hydrogens (tertiary/aromatic N) is 3. The fourth-order valence-electron chi connectivity index (χ4n) is 4.47. The Morgan fingerprint density at radius 1 is 1.21 bits per heavy atom. The van der Waals surface area contributed by atoms with Crippen LogP contribution >= 0.6 is 0 Å². The molecule has 0 spiro atoms. The van der Waals surface area contributed by atoms with Gasteiger partial charge >= 0.3 is 0 Å². The molecule has 5 rings (SSSR count). The zero-order valence-corrected chi connectivity index (χ0v) is 16.1. The quantitative estimate of drug-likeness (QED) is 0.516. The first-order valence-corrected chi connectivity index (χ1v) is 9.85. The number of aliphatic hydroxyl groups excluding tert-OH is 3. The number of rotatable bonds is 3. The van der Waals surface area contributed by atoms with Crippen LogP contribution in [0.5, 0.6) is 0 Å². The fraction of sp³-hybridized carbons (Fsp3) is 0.429. The minimum atomic E-state index is -1.23. The maximum atomic E-state index is 11.1. The molecular formula is C21H24N4O4. The van der Waals surface area contributed by atoms with E-state index in [2.05, 4.69) is 21.4 Å². The standard InChI is InChI=1S/C21H24N4O4/c1-11-13-6-8-25(20(13)24-10-23-11)21-18(28)17(27)19(29-21)16(26)14-4-2-3-12-5-7-22-9-15(12)14/h2-4,6,8,10,16-19,21-22,26-28H,5,7,9H2,1H3/t16-,17+,18-,19-,21-/m1/s1. The number of aryl methyl sites for hydroxylation is 1. The highest BCUT2D eigenvalue weighted by Crippen LogP contribution is 2.39. The number of aliphatic hydroxyl groups is 3. The lowest BCUT2D eigenvalue weighted by atomic mass is 9.90. The number of nitrogens with one attached hydrogen (secondary N) is 1. The van der Waals surface area contributed by atoms with E-state index in [1.807, 2.05) is 25.1 Å². The van der Waals surface area contributed by atoms with Gasteiger partial charge in [-0.1, -0.05) is 18.2 Å². The summed E-state index contributed by atoms with van der Waals surface area (Å²) >= 11 is 0. The van der Waals surface area contributed by atoms with E-state index < -0.39 is 30.6 Å². The van der Waals surface area contributed by atoms with Crippen molar-refractivity contribution in [1.82, 2.24) is 19.9 Å². The van der Waals surface area contributed by atoms with Crippen molar-refractivity contribution in [1.29, 1.82) is 0 Å². The van der Waals surface area contributed by atoms with Crippen molar-refractivity contribution in [3.05, 3.63) is 59.2 Å². The topological polar surface area (TPSA) is 113 Å². The van der Waals surface area contributed by atoms with E-state index in [1.165, 1.54) is 11.9 Å². The molecule has 2 aromatic heterocycles. The summed E-state index contributed by atoms with van der Waals surface area (Å²) in [5, 5.41) is 36.6. The van der Waals surface area contributed by atoms with Crippen molar-refractivity contribution < 1.29 is 20.1 Å². The van der Waals surface area contributed by atoms with Crippen LogP contribution in [0.2, 0.25) is 0 Å². The van der Waals surface area contributed by atoms with Crippen LogP contribution in [0.4, 0.5) is 0 Å². The van der Waals surface area contributed by atoms with Crippen molar-refractivity contribution in [3.63, 3.8) is 0 Å². The molecule has 4 heterocycles. The van der Waals surface area contributed by atoms with Crippen molar-refractivity contribution in [2.24, 2.45) is 0 Å². The Balaban J connectivity index is 1.48. The smallest absolute Gasteiger partial charge is 0.164 e. The molecule has 2 aliphatic rings. The van der Waals surface area contributed by atoms with E-state index in [-0.39, 0.29) is 0 Å². The molecule has 29 heavy (non-hydrogen) atoms. The van der Waals surface area contributed by atoms with Crippen LogP contribution in [-0.2, 0) is 17.7 Å². The summed E-state index contributed by atoms with van der Waals surface area (Å²) in [5.74, 6) is 0. The number of hydrogen-bond acceptors (Lipinski definition) is 7. The average molecular weight is 396 g/mol. The van der Waals surface area contributed by atoms with Crippen molar-refractivity contribution in [3.8, 4) is 0 Å². The van der Waals surface area contributed by atoms with Gasteiger partial charge in [0.15, 0.2) is 6.23 Å². The zero-order valence-electron chi connectivity index (χ0n) is 16.1. The lowest BCUT2D eigenvalue weighted by molar-refractivity contribution is -0.0851.